The van der Waals surface area contributed by atoms with Crippen molar-refractivity contribution in [2.24, 2.45) is 0 Å². The molecule has 1 N–H and O–H groups in total. The summed E-state index contributed by atoms with van der Waals surface area (Å²) >= 11 is 0. The second-order valence-electron chi connectivity index (χ2n) is 11.1. The number of aromatic hydroxyl groups is 1. The molecule has 0 aliphatic carbocycles. The van der Waals surface area contributed by atoms with Gasteiger partial charge in [0, 0.05) is 62.1 Å². The fourth-order valence-corrected chi connectivity index (χ4v) is 5.72. The minimum absolute atomic E-state index is 0.261. The molecule has 12 heteroatoms. The number of aromatic nitrogens is 6. The zero-order valence-corrected chi connectivity index (χ0v) is 25.9. The van der Waals surface area contributed by atoms with Crippen molar-refractivity contribution in [3.05, 3.63) is 79.4 Å². The van der Waals surface area contributed by atoms with E-state index in [9.17, 15) is 5.11 Å². The van der Waals surface area contributed by atoms with Gasteiger partial charge in [-0.3, -0.25) is 8.80 Å². The largest absolute Gasteiger partial charge is 0.508 e. The lowest BCUT2D eigenvalue weighted by atomic mass is 10.1. The predicted octanol–water partition coefficient (Wildman–Crippen LogP) is 4.95. The third-order valence-electron chi connectivity index (χ3n) is 8.23. The van der Waals surface area contributed by atoms with Crippen LogP contribution < -0.4 is 19.3 Å². The van der Waals surface area contributed by atoms with Crippen molar-refractivity contribution in [2.75, 3.05) is 63.4 Å². The summed E-state index contributed by atoms with van der Waals surface area (Å²) in [4.78, 5) is 23.1. The Morgan fingerprint density at radius 2 is 1.17 bits per heavy atom. The molecule has 2 aromatic carbocycles. The minimum Gasteiger partial charge on any atom is -0.508 e. The van der Waals surface area contributed by atoms with E-state index in [1.165, 1.54) is 12.8 Å². The Kier molecular flexibility index (Phi) is 8.26. The first-order valence-electron chi connectivity index (χ1n) is 15.4. The summed E-state index contributed by atoms with van der Waals surface area (Å²) in [5, 5.41) is 9.36. The Bertz CT molecular complexity index is 1940. The first kappa shape index (κ1) is 29.4. The van der Waals surface area contributed by atoms with Gasteiger partial charge in [-0.1, -0.05) is 0 Å². The van der Waals surface area contributed by atoms with E-state index in [0.29, 0.717) is 23.1 Å². The fraction of sp³-hybridized carbons (Fsp3) is 0.294. The summed E-state index contributed by atoms with van der Waals surface area (Å²) in [6.07, 6.45) is 10.4. The smallest absolute Gasteiger partial charge is 0.236 e. The molecular formula is C34H36N8O4. The van der Waals surface area contributed by atoms with Gasteiger partial charge in [0.05, 0.1) is 38.8 Å². The molecule has 0 amide bonds. The number of phenolic OH excluding ortho intramolecular Hbond substituents is 1. The Morgan fingerprint density at radius 1 is 0.630 bits per heavy atom. The van der Waals surface area contributed by atoms with Crippen molar-refractivity contribution < 1.29 is 19.3 Å². The first-order chi connectivity index (χ1) is 22.6. The molecule has 4 aromatic heterocycles. The van der Waals surface area contributed by atoms with E-state index in [0.717, 1.165) is 73.5 Å². The van der Waals surface area contributed by atoms with Crippen molar-refractivity contribution in [3.63, 3.8) is 0 Å². The van der Waals surface area contributed by atoms with E-state index in [-0.39, 0.29) is 5.75 Å². The van der Waals surface area contributed by atoms with Crippen LogP contribution in [-0.2, 0) is 4.74 Å². The molecule has 2 aliphatic rings. The van der Waals surface area contributed by atoms with Crippen LogP contribution >= 0.6 is 0 Å². The van der Waals surface area contributed by atoms with E-state index >= 15 is 0 Å². The summed E-state index contributed by atoms with van der Waals surface area (Å²) in [6.45, 7) is 5.33. The van der Waals surface area contributed by atoms with Crippen LogP contribution in [0.5, 0.6) is 17.2 Å². The Hall–Kier alpha value is -5.36. The van der Waals surface area contributed by atoms with E-state index in [4.69, 9.17) is 14.2 Å². The van der Waals surface area contributed by atoms with Crippen molar-refractivity contribution in [1.82, 2.24) is 28.7 Å². The van der Waals surface area contributed by atoms with Crippen LogP contribution in [-0.4, -0.2) is 87.5 Å². The third kappa shape index (κ3) is 6.11. The highest BCUT2D eigenvalue weighted by Gasteiger charge is 2.16. The third-order valence-corrected chi connectivity index (χ3v) is 8.23. The molecule has 8 rings (SSSR count). The lowest BCUT2D eigenvalue weighted by Gasteiger charge is -2.27. The van der Waals surface area contributed by atoms with Gasteiger partial charge in [-0.05, 0) is 67.4 Å². The second kappa shape index (κ2) is 12.9. The van der Waals surface area contributed by atoms with Crippen molar-refractivity contribution in [2.45, 2.75) is 12.8 Å². The molecule has 236 valence electrons. The van der Waals surface area contributed by atoms with Crippen LogP contribution in [0.25, 0.3) is 34.1 Å². The van der Waals surface area contributed by atoms with Gasteiger partial charge >= 0.3 is 0 Å². The summed E-state index contributed by atoms with van der Waals surface area (Å²) < 4.78 is 19.9. The fourth-order valence-electron chi connectivity index (χ4n) is 5.72. The molecular weight excluding hydrogens is 584 g/mol. The molecule has 0 spiro atoms. The maximum Gasteiger partial charge on any atom is 0.236 e. The van der Waals surface area contributed by atoms with Gasteiger partial charge in [-0.25, -0.2) is 9.97 Å². The molecule has 0 unspecified atom stereocenters. The predicted molar refractivity (Wildman–Crippen MR) is 176 cm³/mol. The van der Waals surface area contributed by atoms with Crippen LogP contribution in [0.3, 0.4) is 0 Å². The molecule has 12 nitrogen and oxygen atoms in total. The van der Waals surface area contributed by atoms with E-state index < -0.39 is 0 Å². The van der Waals surface area contributed by atoms with Crippen LogP contribution in [0.4, 0.5) is 11.6 Å². The van der Waals surface area contributed by atoms with Crippen molar-refractivity contribution in [1.29, 1.82) is 0 Å². The van der Waals surface area contributed by atoms with E-state index in [1.54, 1.807) is 26.4 Å². The SMILES string of the molecule is COc1ccc(-c2cn3ccc(N4CCOCC4)nc3n2)cc1OC.Oc1ccc(-c2cn3ccc(N4CCCC4)nc3n2)cc1. The van der Waals surface area contributed by atoms with Crippen LogP contribution in [0.15, 0.2) is 79.4 Å². The van der Waals surface area contributed by atoms with Gasteiger partial charge < -0.3 is 29.1 Å². The molecule has 6 heterocycles. The van der Waals surface area contributed by atoms with E-state index in [1.807, 2.05) is 76.1 Å². The van der Waals surface area contributed by atoms with Crippen LogP contribution in [0.1, 0.15) is 12.8 Å². The van der Waals surface area contributed by atoms with Gasteiger partial charge in [0.15, 0.2) is 11.5 Å². The average Bonchev–Trinajstić information content (AvgIpc) is 3.88. The summed E-state index contributed by atoms with van der Waals surface area (Å²) in [5.41, 5.74) is 3.63. The van der Waals surface area contributed by atoms with Crippen LogP contribution in [0.2, 0.25) is 0 Å². The highest BCUT2D eigenvalue weighted by molar-refractivity contribution is 5.66. The Morgan fingerprint density at radius 3 is 1.76 bits per heavy atom. The van der Waals surface area contributed by atoms with Gasteiger partial charge in [-0.15, -0.1) is 0 Å². The highest BCUT2D eigenvalue weighted by atomic mass is 16.5. The Labute approximate surface area is 266 Å². The summed E-state index contributed by atoms with van der Waals surface area (Å²) in [7, 11) is 3.25. The minimum atomic E-state index is 0.261. The van der Waals surface area contributed by atoms with Gasteiger partial charge in [0.1, 0.15) is 17.4 Å². The van der Waals surface area contributed by atoms with Crippen LogP contribution in [0, 0.1) is 0 Å². The summed E-state index contributed by atoms with van der Waals surface area (Å²) in [5.74, 6) is 4.96. The number of anilines is 2. The quantitative estimate of drug-likeness (QED) is 0.274. The number of morpholine rings is 1. The topological polar surface area (TPSA) is 115 Å². The number of fused-ring (bicyclic) bond motifs is 2. The first-order valence-corrected chi connectivity index (χ1v) is 15.4. The molecule has 0 bridgehead atoms. The standard InChI is InChI=1S/C18H20N4O3.C16H16N4O/c1-23-15-4-3-13(11-16(15)24-2)14-12-22-6-5-17(20-18(22)19-14)21-7-9-25-10-8-21;21-13-5-3-12(4-6-13)14-11-20-10-7-15(18-16(20)17-14)19-8-1-2-9-19/h3-6,11-12H,7-10H2,1-2H3;3-7,10-11,21H,1-2,8-9H2. The molecule has 0 radical (unpaired) electrons. The number of phenols is 1. The maximum atomic E-state index is 9.36. The number of benzene rings is 2. The highest BCUT2D eigenvalue weighted by Crippen LogP contribution is 2.32. The average molecular weight is 621 g/mol. The van der Waals surface area contributed by atoms with Gasteiger partial charge in [0.25, 0.3) is 0 Å². The van der Waals surface area contributed by atoms with E-state index in [2.05, 4.69) is 29.7 Å². The second-order valence-corrected chi connectivity index (χ2v) is 11.1. The number of nitrogens with zero attached hydrogens (tertiary/aromatic N) is 8. The zero-order chi connectivity index (χ0) is 31.5. The molecule has 2 saturated heterocycles. The zero-order valence-electron chi connectivity index (χ0n) is 25.9. The lowest BCUT2D eigenvalue weighted by Crippen LogP contribution is -2.36. The van der Waals surface area contributed by atoms with Crippen molar-refractivity contribution in [3.8, 4) is 39.8 Å². The van der Waals surface area contributed by atoms with Crippen molar-refractivity contribution >= 4 is 23.2 Å². The molecule has 2 fully saturated rings. The Balaban J connectivity index is 0.000000149. The number of ether oxygens (including phenoxy) is 3. The number of methoxy groups -OCH3 is 2. The number of hydrogen-bond acceptors (Lipinski definition) is 10. The maximum absolute atomic E-state index is 9.36. The van der Waals surface area contributed by atoms with Gasteiger partial charge in [-0.2, -0.15) is 9.97 Å². The monoisotopic (exact) mass is 620 g/mol. The molecule has 0 atom stereocenters. The van der Waals surface area contributed by atoms with Gasteiger partial charge in [0.2, 0.25) is 11.6 Å². The summed E-state index contributed by atoms with van der Waals surface area (Å²) in [6, 6.07) is 16.9. The molecule has 6 aromatic rings. The lowest BCUT2D eigenvalue weighted by molar-refractivity contribution is 0.122. The molecule has 0 saturated carbocycles. The molecule has 2 aliphatic heterocycles. The number of imidazole rings is 2. The number of hydrogen-bond donors (Lipinski definition) is 1. The normalized spacial score (nSPS) is 14.8. The molecule has 46 heavy (non-hydrogen) atoms. The number of rotatable bonds is 6.